The number of carbonyl (C=O) groups excluding carboxylic acids is 2. The molecule has 7 nitrogen and oxygen atoms in total. The van der Waals surface area contributed by atoms with Gasteiger partial charge in [0.1, 0.15) is 6.29 Å². The van der Waals surface area contributed by atoms with Crippen LogP contribution in [0.3, 0.4) is 0 Å². The van der Waals surface area contributed by atoms with Crippen LogP contribution in [0.5, 0.6) is 5.75 Å². The molecule has 7 heteroatoms. The number of hydrogen-bond donors (Lipinski definition) is 0. The van der Waals surface area contributed by atoms with Crippen LogP contribution in [0.2, 0.25) is 0 Å². The summed E-state index contributed by atoms with van der Waals surface area (Å²) in [6.45, 7) is 1.13. The van der Waals surface area contributed by atoms with Gasteiger partial charge in [-0.05, 0) is 25.0 Å². The molecule has 1 aromatic rings. The zero-order chi connectivity index (χ0) is 14.5. The highest BCUT2D eigenvalue weighted by Crippen LogP contribution is 2.27. The average Bonchev–Trinajstić information content (AvgIpc) is 2.98. The number of nitro benzene ring substituents is 1. The van der Waals surface area contributed by atoms with Crippen LogP contribution in [0.4, 0.5) is 5.69 Å². The number of likely N-dealkylation sites (tertiary alicyclic amines) is 1. The van der Waals surface area contributed by atoms with Crippen LogP contribution in [-0.4, -0.2) is 41.7 Å². The quantitative estimate of drug-likeness (QED) is 0.461. The highest BCUT2D eigenvalue weighted by Gasteiger charge is 2.21. The minimum atomic E-state index is -0.607. The Morgan fingerprint density at radius 2 is 2.10 bits per heavy atom. The van der Waals surface area contributed by atoms with Gasteiger partial charge in [-0.1, -0.05) is 0 Å². The van der Waals surface area contributed by atoms with Crippen LogP contribution in [0.1, 0.15) is 23.2 Å². The monoisotopic (exact) mass is 278 g/mol. The molecule has 2 rings (SSSR count). The van der Waals surface area contributed by atoms with Crippen molar-refractivity contribution in [3.63, 3.8) is 0 Å². The molecule has 1 aromatic carbocycles. The molecule has 1 fully saturated rings. The van der Waals surface area contributed by atoms with Crippen LogP contribution < -0.4 is 4.74 Å². The van der Waals surface area contributed by atoms with E-state index in [1.807, 2.05) is 0 Å². The maximum absolute atomic E-state index is 11.8. The summed E-state index contributed by atoms with van der Waals surface area (Å²) in [6, 6.07) is 3.79. The Hall–Kier alpha value is -2.44. The molecule has 0 aliphatic carbocycles. The van der Waals surface area contributed by atoms with Gasteiger partial charge in [-0.15, -0.1) is 0 Å². The summed E-state index contributed by atoms with van der Waals surface area (Å²) in [4.78, 5) is 34.4. The molecule has 1 aliphatic rings. The highest BCUT2D eigenvalue weighted by molar-refractivity contribution is 5.79. The largest absolute Gasteiger partial charge is 0.477 e. The lowest BCUT2D eigenvalue weighted by Crippen LogP contribution is -2.32. The molecule has 1 aliphatic heterocycles. The molecule has 20 heavy (non-hydrogen) atoms. The normalized spacial score (nSPS) is 14.1. The van der Waals surface area contributed by atoms with Gasteiger partial charge in [-0.25, -0.2) is 0 Å². The topological polar surface area (TPSA) is 89.7 Å². The lowest BCUT2D eigenvalue weighted by atomic mass is 10.2. The van der Waals surface area contributed by atoms with Crippen LogP contribution >= 0.6 is 0 Å². The highest BCUT2D eigenvalue weighted by atomic mass is 16.6. The Labute approximate surface area is 115 Å². The molecule has 1 heterocycles. The van der Waals surface area contributed by atoms with Crippen LogP contribution in [0, 0.1) is 10.1 Å². The molecule has 1 saturated heterocycles. The predicted octanol–water partition coefficient (Wildman–Crippen LogP) is 1.41. The second-order valence-corrected chi connectivity index (χ2v) is 4.48. The fourth-order valence-electron chi connectivity index (χ4n) is 2.07. The van der Waals surface area contributed by atoms with Crippen molar-refractivity contribution in [1.82, 2.24) is 4.90 Å². The SMILES string of the molecule is O=Cc1ccc([N+](=O)[O-])c(OCC(=O)N2CCCC2)c1. The third-order valence-corrected chi connectivity index (χ3v) is 3.13. The van der Waals surface area contributed by atoms with E-state index >= 15 is 0 Å². The second-order valence-electron chi connectivity index (χ2n) is 4.48. The van der Waals surface area contributed by atoms with Crippen LogP contribution in [-0.2, 0) is 4.79 Å². The minimum absolute atomic E-state index is 0.0628. The molecular formula is C13H14N2O5. The van der Waals surface area contributed by atoms with Crippen molar-refractivity contribution in [3.05, 3.63) is 33.9 Å². The Morgan fingerprint density at radius 1 is 1.40 bits per heavy atom. The summed E-state index contributed by atoms with van der Waals surface area (Å²) >= 11 is 0. The van der Waals surface area contributed by atoms with Crippen LogP contribution in [0.15, 0.2) is 18.2 Å². The Morgan fingerprint density at radius 3 is 2.70 bits per heavy atom. The van der Waals surface area contributed by atoms with Crippen molar-refractivity contribution >= 4 is 17.9 Å². The van der Waals surface area contributed by atoms with Gasteiger partial charge < -0.3 is 9.64 Å². The van der Waals surface area contributed by atoms with Gasteiger partial charge in [-0.3, -0.25) is 19.7 Å². The first-order valence-corrected chi connectivity index (χ1v) is 6.26. The number of benzene rings is 1. The first kappa shape index (κ1) is 14.0. The molecule has 0 bridgehead atoms. The lowest BCUT2D eigenvalue weighted by Gasteiger charge is -2.15. The molecule has 0 spiro atoms. The van der Waals surface area contributed by atoms with Crippen molar-refractivity contribution < 1.29 is 19.2 Å². The first-order chi connectivity index (χ1) is 9.61. The van der Waals surface area contributed by atoms with Gasteiger partial charge in [0.2, 0.25) is 0 Å². The van der Waals surface area contributed by atoms with Gasteiger partial charge in [0.15, 0.2) is 12.4 Å². The number of rotatable bonds is 5. The molecule has 0 saturated carbocycles. The van der Waals surface area contributed by atoms with E-state index in [2.05, 4.69) is 0 Å². The van der Waals surface area contributed by atoms with Gasteiger partial charge in [0, 0.05) is 24.7 Å². The third-order valence-electron chi connectivity index (χ3n) is 3.13. The van der Waals surface area contributed by atoms with E-state index in [0.717, 1.165) is 12.8 Å². The van der Waals surface area contributed by atoms with E-state index in [0.29, 0.717) is 19.4 Å². The predicted molar refractivity (Wildman–Crippen MR) is 69.8 cm³/mol. The number of nitro groups is 1. The van der Waals surface area contributed by atoms with Gasteiger partial charge in [0.25, 0.3) is 5.91 Å². The molecule has 0 radical (unpaired) electrons. The summed E-state index contributed by atoms with van der Waals surface area (Å²) in [6.07, 6.45) is 2.50. The minimum Gasteiger partial charge on any atom is -0.477 e. The summed E-state index contributed by atoms with van der Waals surface area (Å²) in [5, 5.41) is 10.9. The Kier molecular flexibility index (Phi) is 4.29. The molecular weight excluding hydrogens is 264 g/mol. The van der Waals surface area contributed by atoms with E-state index in [1.54, 1.807) is 4.90 Å². The van der Waals surface area contributed by atoms with Gasteiger partial charge in [0.05, 0.1) is 4.92 Å². The van der Waals surface area contributed by atoms with Crippen molar-refractivity contribution in [1.29, 1.82) is 0 Å². The fourth-order valence-corrected chi connectivity index (χ4v) is 2.07. The third kappa shape index (κ3) is 3.11. The second kappa shape index (κ2) is 6.14. The number of ether oxygens (including phenoxy) is 1. The maximum atomic E-state index is 11.8. The van der Waals surface area contributed by atoms with E-state index in [9.17, 15) is 19.7 Å². The molecule has 1 amide bonds. The zero-order valence-electron chi connectivity index (χ0n) is 10.8. The Bertz CT molecular complexity index is 538. The van der Waals surface area contributed by atoms with Crippen LogP contribution in [0.25, 0.3) is 0 Å². The Balaban J connectivity index is 2.08. The van der Waals surface area contributed by atoms with Crippen molar-refractivity contribution in [2.75, 3.05) is 19.7 Å². The lowest BCUT2D eigenvalue weighted by molar-refractivity contribution is -0.385. The summed E-state index contributed by atoms with van der Waals surface area (Å²) < 4.78 is 5.22. The van der Waals surface area contributed by atoms with Crippen molar-refractivity contribution in [3.8, 4) is 5.75 Å². The smallest absolute Gasteiger partial charge is 0.310 e. The zero-order valence-corrected chi connectivity index (χ0v) is 10.8. The summed E-state index contributed by atoms with van der Waals surface area (Å²) in [7, 11) is 0. The molecule has 0 N–H and O–H groups in total. The standard InChI is InChI=1S/C13H14N2O5/c16-8-10-3-4-11(15(18)19)12(7-10)20-9-13(17)14-5-1-2-6-14/h3-4,7-8H,1-2,5-6,9H2. The van der Waals surface area contributed by atoms with E-state index in [4.69, 9.17) is 4.74 Å². The van der Waals surface area contributed by atoms with Gasteiger partial charge in [-0.2, -0.15) is 0 Å². The molecule has 0 unspecified atom stereocenters. The number of aldehydes is 1. The van der Waals surface area contributed by atoms with Gasteiger partial charge >= 0.3 is 5.69 Å². The molecule has 0 atom stereocenters. The summed E-state index contributed by atoms with van der Waals surface area (Å²) in [5.41, 5.74) is 0.00374. The number of amides is 1. The number of nitrogens with zero attached hydrogens (tertiary/aromatic N) is 2. The number of hydrogen-bond acceptors (Lipinski definition) is 5. The van der Waals surface area contributed by atoms with E-state index in [-0.39, 0.29) is 29.5 Å². The van der Waals surface area contributed by atoms with E-state index in [1.165, 1.54) is 18.2 Å². The first-order valence-electron chi connectivity index (χ1n) is 6.26. The van der Waals surface area contributed by atoms with Crippen molar-refractivity contribution in [2.45, 2.75) is 12.8 Å². The fraction of sp³-hybridized carbons (Fsp3) is 0.385. The maximum Gasteiger partial charge on any atom is 0.310 e. The van der Waals surface area contributed by atoms with Crippen molar-refractivity contribution in [2.24, 2.45) is 0 Å². The molecule has 106 valence electrons. The molecule has 0 aromatic heterocycles. The average molecular weight is 278 g/mol. The number of carbonyl (C=O) groups is 2. The van der Waals surface area contributed by atoms with E-state index < -0.39 is 4.92 Å². The summed E-state index contributed by atoms with van der Waals surface area (Å²) in [5.74, 6) is -0.263.